The van der Waals surface area contributed by atoms with Crippen molar-refractivity contribution in [3.8, 4) is 5.75 Å². The van der Waals surface area contributed by atoms with Gasteiger partial charge in [0.25, 0.3) is 5.91 Å². The number of rotatable bonds is 8. The van der Waals surface area contributed by atoms with Gasteiger partial charge in [0.1, 0.15) is 5.75 Å². The van der Waals surface area contributed by atoms with Gasteiger partial charge in [0.2, 0.25) is 15.9 Å². The van der Waals surface area contributed by atoms with E-state index in [1.807, 2.05) is 44.2 Å². The van der Waals surface area contributed by atoms with Gasteiger partial charge in [-0.25, -0.2) is 8.42 Å². The number of carbonyl (C=O) groups is 2. The third-order valence-corrected chi connectivity index (χ3v) is 8.04. The molecule has 0 aromatic heterocycles. The zero-order chi connectivity index (χ0) is 30.9. The van der Waals surface area contributed by atoms with Crippen molar-refractivity contribution >= 4 is 27.5 Å². The Labute approximate surface area is 250 Å². The maximum atomic E-state index is 14.1. The number of amides is 2. The number of benzene rings is 2. The number of nitrogens with one attached hydrogen (secondary N) is 1. The van der Waals surface area contributed by atoms with Gasteiger partial charge in [0.15, 0.2) is 0 Å². The lowest BCUT2D eigenvalue weighted by Crippen LogP contribution is -2.48. The van der Waals surface area contributed by atoms with E-state index < -0.39 is 22.0 Å². The molecule has 0 saturated heterocycles. The van der Waals surface area contributed by atoms with E-state index >= 15 is 0 Å². The zero-order valence-corrected chi connectivity index (χ0v) is 26.1. The number of anilines is 1. The van der Waals surface area contributed by atoms with Crippen molar-refractivity contribution in [1.82, 2.24) is 9.80 Å². The second kappa shape index (κ2) is 15.4. The average molecular weight is 604 g/mol. The molecule has 0 spiro atoms. The van der Waals surface area contributed by atoms with Crippen LogP contribution in [0.2, 0.25) is 0 Å². The van der Waals surface area contributed by atoms with Crippen LogP contribution in [0.4, 0.5) is 5.69 Å². The molecule has 2 aromatic rings. The largest absolute Gasteiger partial charge is 0.490 e. The highest BCUT2D eigenvalue weighted by atomic mass is 32.2. The number of ether oxygens (including phenoxy) is 2. The number of likely N-dealkylation sites (N-methyl/N-ethyl adjacent to an activating group) is 1. The summed E-state index contributed by atoms with van der Waals surface area (Å²) in [4.78, 5) is 30.3. The SMILES string of the molecule is C[C@@H]1CCCCO[C@@H](CN(C)C(=O)Cc2ccccc2)[C@@H](C)CN([C@H](C)CO)C(=O)c2cc(NS(C)(=O)=O)ccc2O1. The molecule has 0 fully saturated rings. The highest BCUT2D eigenvalue weighted by Crippen LogP contribution is 2.29. The van der Waals surface area contributed by atoms with E-state index in [9.17, 15) is 23.1 Å². The van der Waals surface area contributed by atoms with E-state index in [0.717, 1.165) is 31.1 Å². The van der Waals surface area contributed by atoms with Crippen molar-refractivity contribution in [2.45, 2.75) is 64.7 Å². The fourth-order valence-corrected chi connectivity index (χ4v) is 5.50. The van der Waals surface area contributed by atoms with Crippen LogP contribution in [0.1, 0.15) is 56.0 Å². The molecule has 1 aliphatic rings. The van der Waals surface area contributed by atoms with Gasteiger partial charge < -0.3 is 24.4 Å². The standard InChI is InChI=1S/C31H45N3O7S/c1-22-19-34(23(2)21-35)31(37)27-18-26(32-42(5,38)39)14-15-28(27)41-24(3)11-9-10-16-40-29(22)20-33(4)30(36)17-25-12-7-6-8-13-25/h6-8,12-15,18,22-24,29,32,35H,9-11,16-17,19-21H2,1-5H3/t22-,23+,24+,29-/m0/s1. The normalized spacial score (nSPS) is 21.4. The Morgan fingerprint density at radius 2 is 1.88 bits per heavy atom. The predicted molar refractivity (Wildman–Crippen MR) is 163 cm³/mol. The van der Waals surface area contributed by atoms with Gasteiger partial charge in [-0.2, -0.15) is 0 Å². The lowest BCUT2D eigenvalue weighted by atomic mass is 10.0. The molecule has 2 N–H and O–H groups in total. The van der Waals surface area contributed by atoms with Crippen LogP contribution in [-0.2, 0) is 26.0 Å². The molecule has 4 atom stereocenters. The molecule has 3 rings (SSSR count). The highest BCUT2D eigenvalue weighted by molar-refractivity contribution is 7.92. The summed E-state index contributed by atoms with van der Waals surface area (Å²) in [5, 5.41) is 10.1. The van der Waals surface area contributed by atoms with Crippen LogP contribution in [-0.4, -0.2) is 93.0 Å². The van der Waals surface area contributed by atoms with Gasteiger partial charge in [0.05, 0.1) is 43.1 Å². The quantitative estimate of drug-likeness (QED) is 0.473. The summed E-state index contributed by atoms with van der Waals surface area (Å²) >= 11 is 0. The predicted octanol–water partition coefficient (Wildman–Crippen LogP) is 3.55. The first-order chi connectivity index (χ1) is 19.9. The van der Waals surface area contributed by atoms with Crippen molar-refractivity contribution in [1.29, 1.82) is 0 Å². The van der Waals surface area contributed by atoms with Gasteiger partial charge >= 0.3 is 0 Å². The molecule has 10 nitrogen and oxygen atoms in total. The van der Waals surface area contributed by atoms with Gasteiger partial charge in [-0.15, -0.1) is 0 Å². The topological polar surface area (TPSA) is 125 Å². The van der Waals surface area contributed by atoms with E-state index in [1.165, 1.54) is 6.07 Å². The summed E-state index contributed by atoms with van der Waals surface area (Å²) in [5.41, 5.74) is 1.38. The summed E-state index contributed by atoms with van der Waals surface area (Å²) < 4.78 is 38.7. The Hall–Kier alpha value is -3.15. The maximum Gasteiger partial charge on any atom is 0.258 e. The minimum Gasteiger partial charge on any atom is -0.490 e. The molecular weight excluding hydrogens is 558 g/mol. The summed E-state index contributed by atoms with van der Waals surface area (Å²) in [6.07, 6.45) is 3.14. The Balaban J connectivity index is 1.91. The molecule has 232 valence electrons. The number of sulfonamides is 1. The Kier molecular flexibility index (Phi) is 12.2. The lowest BCUT2D eigenvalue weighted by Gasteiger charge is -2.36. The molecule has 1 heterocycles. The average Bonchev–Trinajstić information content (AvgIpc) is 2.94. The van der Waals surface area contributed by atoms with Gasteiger partial charge in [-0.3, -0.25) is 14.3 Å². The fourth-order valence-electron chi connectivity index (χ4n) is 4.94. The molecule has 1 aliphatic heterocycles. The van der Waals surface area contributed by atoms with E-state index in [2.05, 4.69) is 4.72 Å². The molecule has 2 amide bonds. The van der Waals surface area contributed by atoms with Crippen LogP contribution in [0.15, 0.2) is 48.5 Å². The van der Waals surface area contributed by atoms with Crippen LogP contribution in [0.25, 0.3) is 0 Å². The molecule has 0 bridgehead atoms. The molecule has 2 aromatic carbocycles. The number of hydrogen-bond donors (Lipinski definition) is 2. The van der Waals surface area contributed by atoms with Crippen LogP contribution < -0.4 is 9.46 Å². The first-order valence-corrected chi connectivity index (χ1v) is 16.4. The van der Waals surface area contributed by atoms with Crippen molar-refractivity contribution in [2.24, 2.45) is 5.92 Å². The van der Waals surface area contributed by atoms with Crippen molar-refractivity contribution in [2.75, 3.05) is 44.3 Å². The van der Waals surface area contributed by atoms with E-state index in [0.29, 0.717) is 18.9 Å². The Morgan fingerprint density at radius 1 is 1.17 bits per heavy atom. The molecular formula is C31H45N3O7S. The van der Waals surface area contributed by atoms with Gasteiger partial charge in [0, 0.05) is 38.3 Å². The van der Waals surface area contributed by atoms with Gasteiger partial charge in [-0.05, 0) is 56.9 Å². The highest BCUT2D eigenvalue weighted by Gasteiger charge is 2.31. The molecule has 0 aliphatic carbocycles. The Bertz CT molecular complexity index is 1290. The second-order valence-electron chi connectivity index (χ2n) is 11.3. The molecule has 11 heteroatoms. The first-order valence-electron chi connectivity index (χ1n) is 14.5. The van der Waals surface area contributed by atoms with Crippen LogP contribution in [0.3, 0.4) is 0 Å². The minimum atomic E-state index is -3.57. The van der Waals surface area contributed by atoms with Crippen LogP contribution in [0, 0.1) is 5.92 Å². The summed E-state index contributed by atoms with van der Waals surface area (Å²) in [6, 6.07) is 13.7. The lowest BCUT2D eigenvalue weighted by molar-refractivity contribution is -0.131. The van der Waals surface area contributed by atoms with E-state index in [1.54, 1.807) is 35.9 Å². The maximum absolute atomic E-state index is 14.1. The smallest absolute Gasteiger partial charge is 0.258 e. The van der Waals surface area contributed by atoms with Crippen molar-refractivity contribution < 1.29 is 32.6 Å². The minimum absolute atomic E-state index is 0.0288. The number of nitrogens with zero attached hydrogens (tertiary/aromatic N) is 2. The molecule has 0 saturated carbocycles. The van der Waals surface area contributed by atoms with Crippen molar-refractivity contribution in [3.63, 3.8) is 0 Å². The van der Waals surface area contributed by atoms with E-state index in [-0.39, 0.29) is 54.9 Å². The van der Waals surface area contributed by atoms with Crippen LogP contribution >= 0.6 is 0 Å². The third kappa shape index (κ3) is 9.99. The molecule has 0 radical (unpaired) electrons. The fraction of sp³-hybridized carbons (Fsp3) is 0.548. The zero-order valence-electron chi connectivity index (χ0n) is 25.3. The van der Waals surface area contributed by atoms with E-state index in [4.69, 9.17) is 9.47 Å². The number of fused-ring (bicyclic) bond motifs is 1. The first kappa shape index (κ1) is 33.4. The van der Waals surface area contributed by atoms with Gasteiger partial charge in [-0.1, -0.05) is 37.3 Å². The monoisotopic (exact) mass is 603 g/mol. The number of aliphatic hydroxyl groups is 1. The number of hydrogen-bond acceptors (Lipinski definition) is 7. The summed E-state index contributed by atoms with van der Waals surface area (Å²) in [6.45, 7) is 6.47. The Morgan fingerprint density at radius 3 is 2.55 bits per heavy atom. The molecule has 42 heavy (non-hydrogen) atoms. The molecule has 0 unspecified atom stereocenters. The summed E-state index contributed by atoms with van der Waals surface area (Å²) in [5.74, 6) is -0.269. The van der Waals surface area contributed by atoms with Crippen molar-refractivity contribution in [3.05, 3.63) is 59.7 Å². The number of carbonyl (C=O) groups excluding carboxylic acids is 2. The second-order valence-corrected chi connectivity index (χ2v) is 13.1. The third-order valence-electron chi connectivity index (χ3n) is 7.43. The van der Waals surface area contributed by atoms with Crippen LogP contribution in [0.5, 0.6) is 5.75 Å². The summed E-state index contributed by atoms with van der Waals surface area (Å²) in [7, 11) is -1.81. The number of aliphatic hydroxyl groups excluding tert-OH is 1.